The molecule has 1 aromatic heterocycles. The van der Waals surface area contributed by atoms with Gasteiger partial charge in [0.15, 0.2) is 0 Å². The van der Waals surface area contributed by atoms with Gasteiger partial charge in [0.05, 0.1) is 0 Å². The molecular weight excluding hydrogens is 296 g/mol. The molecule has 0 bridgehead atoms. The number of pyridine rings is 1. The Morgan fingerprint density at radius 1 is 1.39 bits per heavy atom. The molecule has 1 rings (SSSR count). The van der Waals surface area contributed by atoms with E-state index in [2.05, 4.69) is 20.9 Å². The quantitative estimate of drug-likeness (QED) is 0.687. The van der Waals surface area contributed by atoms with Crippen molar-refractivity contribution in [3.63, 3.8) is 0 Å². The highest BCUT2D eigenvalue weighted by molar-refractivity contribution is 9.10. The van der Waals surface area contributed by atoms with Crippen LogP contribution in [-0.2, 0) is 14.9 Å². The van der Waals surface area contributed by atoms with Crippen molar-refractivity contribution in [2.75, 3.05) is 6.54 Å². The van der Waals surface area contributed by atoms with E-state index in [4.69, 9.17) is 10.5 Å². The third-order valence-electron chi connectivity index (χ3n) is 2.62. The molecule has 1 aromatic rings. The summed E-state index contributed by atoms with van der Waals surface area (Å²) in [4.78, 5) is 16.4. The summed E-state index contributed by atoms with van der Waals surface area (Å²) in [5, 5.41) is 0. The second-order valence-corrected chi connectivity index (χ2v) is 6.22. The number of ether oxygens (including phenoxy) is 1. The number of hydrogen-bond acceptors (Lipinski definition) is 4. The zero-order valence-corrected chi connectivity index (χ0v) is 12.7. The second-order valence-electron chi connectivity index (χ2n) is 5.41. The van der Waals surface area contributed by atoms with Crippen LogP contribution in [0.1, 0.15) is 33.3 Å². The van der Waals surface area contributed by atoms with E-state index in [1.807, 2.05) is 26.8 Å². The Morgan fingerprint density at radius 3 is 2.39 bits per heavy atom. The Kier molecular flexibility index (Phi) is 4.50. The van der Waals surface area contributed by atoms with Gasteiger partial charge in [-0.05, 0) is 55.3 Å². The monoisotopic (exact) mass is 314 g/mol. The molecule has 0 spiro atoms. The minimum atomic E-state index is -0.874. The molecule has 0 amide bonds. The smallest absolute Gasteiger partial charge is 0.318 e. The van der Waals surface area contributed by atoms with Crippen molar-refractivity contribution in [1.29, 1.82) is 0 Å². The van der Waals surface area contributed by atoms with Crippen molar-refractivity contribution in [3.8, 4) is 0 Å². The summed E-state index contributed by atoms with van der Waals surface area (Å²) in [5.74, 6) is -0.332. The van der Waals surface area contributed by atoms with Crippen LogP contribution in [0.3, 0.4) is 0 Å². The number of hydrogen-bond donors (Lipinski definition) is 1. The van der Waals surface area contributed by atoms with Gasteiger partial charge in [-0.1, -0.05) is 6.07 Å². The molecule has 100 valence electrons. The molecule has 1 atom stereocenters. The molecule has 0 aromatic carbocycles. The van der Waals surface area contributed by atoms with E-state index >= 15 is 0 Å². The fourth-order valence-electron chi connectivity index (χ4n) is 1.41. The van der Waals surface area contributed by atoms with Crippen LogP contribution in [-0.4, -0.2) is 23.1 Å². The van der Waals surface area contributed by atoms with Crippen LogP contribution in [0.25, 0.3) is 0 Å². The highest BCUT2D eigenvalue weighted by Gasteiger charge is 2.38. The van der Waals surface area contributed by atoms with Gasteiger partial charge < -0.3 is 10.5 Å². The van der Waals surface area contributed by atoms with Gasteiger partial charge >= 0.3 is 5.97 Å². The Bertz CT molecular complexity index is 426. The van der Waals surface area contributed by atoms with Gasteiger partial charge in [-0.2, -0.15) is 0 Å². The topological polar surface area (TPSA) is 65.2 Å². The molecule has 0 fully saturated rings. The lowest BCUT2D eigenvalue weighted by Crippen LogP contribution is -2.44. The number of esters is 1. The van der Waals surface area contributed by atoms with Crippen LogP contribution in [0, 0.1) is 0 Å². The molecular formula is C13H19BrN2O2. The lowest BCUT2D eigenvalue weighted by Gasteiger charge is -2.30. The van der Waals surface area contributed by atoms with E-state index in [-0.39, 0.29) is 12.5 Å². The molecule has 0 aliphatic heterocycles. The number of nitrogens with two attached hydrogens (primary N) is 1. The summed E-state index contributed by atoms with van der Waals surface area (Å²) >= 11 is 3.26. The highest BCUT2D eigenvalue weighted by Crippen LogP contribution is 2.26. The maximum Gasteiger partial charge on any atom is 0.318 e. The van der Waals surface area contributed by atoms with Crippen LogP contribution in [0.2, 0.25) is 0 Å². The third kappa shape index (κ3) is 3.53. The highest BCUT2D eigenvalue weighted by atomic mass is 79.9. The van der Waals surface area contributed by atoms with Gasteiger partial charge in [0, 0.05) is 12.7 Å². The predicted octanol–water partition coefficient (Wildman–Crippen LogP) is 2.40. The van der Waals surface area contributed by atoms with E-state index < -0.39 is 11.0 Å². The third-order valence-corrected chi connectivity index (χ3v) is 3.09. The van der Waals surface area contributed by atoms with Crippen molar-refractivity contribution in [2.24, 2.45) is 5.73 Å². The van der Waals surface area contributed by atoms with Crippen LogP contribution >= 0.6 is 15.9 Å². The van der Waals surface area contributed by atoms with Crippen molar-refractivity contribution in [1.82, 2.24) is 4.98 Å². The minimum absolute atomic E-state index is 0.172. The van der Waals surface area contributed by atoms with Gasteiger partial charge in [-0.15, -0.1) is 0 Å². The Balaban J connectivity index is 3.05. The van der Waals surface area contributed by atoms with Crippen molar-refractivity contribution in [2.45, 2.75) is 38.7 Å². The van der Waals surface area contributed by atoms with Crippen molar-refractivity contribution >= 4 is 21.9 Å². The first-order valence-corrected chi connectivity index (χ1v) is 6.54. The lowest BCUT2D eigenvalue weighted by molar-refractivity contribution is -0.161. The fraction of sp³-hybridized carbons (Fsp3) is 0.538. The normalized spacial score (nSPS) is 15.0. The number of nitrogens with zero attached hydrogens (tertiary/aromatic N) is 1. The SMILES string of the molecule is CC(C)(C)OC(=O)C(C)(CN)c1ccc(Br)nc1. The Morgan fingerprint density at radius 2 is 2.00 bits per heavy atom. The lowest BCUT2D eigenvalue weighted by atomic mass is 9.83. The molecule has 4 nitrogen and oxygen atoms in total. The first-order chi connectivity index (χ1) is 8.19. The summed E-state index contributed by atoms with van der Waals surface area (Å²) in [6.45, 7) is 7.45. The Hall–Kier alpha value is -0.940. The van der Waals surface area contributed by atoms with Gasteiger partial charge in [0.2, 0.25) is 0 Å². The summed E-state index contributed by atoms with van der Waals surface area (Å²) in [5.41, 5.74) is 5.10. The van der Waals surface area contributed by atoms with Crippen molar-refractivity contribution in [3.05, 3.63) is 28.5 Å². The largest absolute Gasteiger partial charge is 0.459 e. The summed E-state index contributed by atoms with van der Waals surface area (Å²) in [6, 6.07) is 3.61. The van der Waals surface area contributed by atoms with Crippen molar-refractivity contribution < 1.29 is 9.53 Å². The molecule has 5 heteroatoms. The molecule has 2 N–H and O–H groups in total. The van der Waals surface area contributed by atoms with Crippen LogP contribution < -0.4 is 5.73 Å². The molecule has 1 unspecified atom stereocenters. The number of halogens is 1. The van der Waals surface area contributed by atoms with E-state index in [0.29, 0.717) is 0 Å². The zero-order valence-electron chi connectivity index (χ0n) is 11.2. The first kappa shape index (κ1) is 15.1. The second kappa shape index (κ2) is 5.36. The molecule has 0 radical (unpaired) electrons. The minimum Gasteiger partial charge on any atom is -0.459 e. The number of aromatic nitrogens is 1. The van der Waals surface area contributed by atoms with Crippen LogP contribution in [0.4, 0.5) is 0 Å². The number of carbonyl (C=O) groups is 1. The standard InChI is InChI=1S/C13H19BrN2O2/c1-12(2,3)18-11(17)13(4,8-15)9-5-6-10(14)16-7-9/h5-7H,8,15H2,1-4H3. The molecule has 1 heterocycles. The van der Waals surface area contributed by atoms with Gasteiger partial charge in [0.1, 0.15) is 15.6 Å². The number of rotatable bonds is 3. The average molecular weight is 315 g/mol. The van der Waals surface area contributed by atoms with Gasteiger partial charge in [-0.3, -0.25) is 4.79 Å². The molecule has 0 aliphatic carbocycles. The predicted molar refractivity (Wildman–Crippen MR) is 74.2 cm³/mol. The van der Waals surface area contributed by atoms with E-state index in [0.717, 1.165) is 10.2 Å². The van der Waals surface area contributed by atoms with E-state index in [1.165, 1.54) is 0 Å². The summed E-state index contributed by atoms with van der Waals surface area (Å²) < 4.78 is 6.14. The van der Waals surface area contributed by atoms with Gasteiger partial charge in [0.25, 0.3) is 0 Å². The molecule has 18 heavy (non-hydrogen) atoms. The zero-order chi connectivity index (χ0) is 14.0. The van der Waals surface area contributed by atoms with E-state index in [9.17, 15) is 4.79 Å². The summed E-state index contributed by atoms with van der Waals surface area (Å²) in [6.07, 6.45) is 1.64. The van der Waals surface area contributed by atoms with E-state index in [1.54, 1.807) is 19.2 Å². The fourth-order valence-corrected chi connectivity index (χ4v) is 1.65. The van der Waals surface area contributed by atoms with Crippen LogP contribution in [0.5, 0.6) is 0 Å². The molecule has 0 saturated heterocycles. The Labute approximate surface area is 116 Å². The number of carbonyl (C=O) groups excluding carboxylic acids is 1. The average Bonchev–Trinajstić information content (AvgIpc) is 2.26. The maximum absolute atomic E-state index is 12.3. The van der Waals surface area contributed by atoms with Gasteiger partial charge in [-0.25, -0.2) is 4.98 Å². The molecule has 0 aliphatic rings. The van der Waals surface area contributed by atoms with Crippen LogP contribution in [0.15, 0.2) is 22.9 Å². The first-order valence-electron chi connectivity index (χ1n) is 5.74. The summed E-state index contributed by atoms with van der Waals surface area (Å²) in [7, 11) is 0. The maximum atomic E-state index is 12.3. The molecule has 0 saturated carbocycles.